The van der Waals surface area contributed by atoms with E-state index in [1.807, 2.05) is 0 Å². The van der Waals surface area contributed by atoms with Crippen molar-refractivity contribution >= 4 is 6.21 Å². The van der Waals surface area contributed by atoms with E-state index in [-0.39, 0.29) is 0 Å². The normalized spacial score (nSPS) is 11.9. The quantitative estimate of drug-likeness (QED) is 0.279. The van der Waals surface area contributed by atoms with E-state index in [1.165, 1.54) is 44.9 Å². The SMILES string of the molecule is CCCC=CCCCCCN=CCCC. The highest BCUT2D eigenvalue weighted by Crippen LogP contribution is 2.02. The van der Waals surface area contributed by atoms with Crippen LogP contribution in [-0.4, -0.2) is 12.8 Å². The molecule has 0 aliphatic rings. The Bertz CT molecular complexity index is 141. The Balaban J connectivity index is 3.04. The number of unbranched alkanes of at least 4 members (excludes halogenated alkanes) is 5. The second kappa shape index (κ2) is 13.4. The molecule has 88 valence electrons. The molecule has 0 fully saturated rings. The highest BCUT2D eigenvalue weighted by Gasteiger charge is 1.86. The van der Waals surface area contributed by atoms with Gasteiger partial charge in [0.25, 0.3) is 0 Å². The van der Waals surface area contributed by atoms with Crippen molar-refractivity contribution in [3.63, 3.8) is 0 Å². The first-order chi connectivity index (χ1) is 7.41. The van der Waals surface area contributed by atoms with Gasteiger partial charge in [0.2, 0.25) is 0 Å². The third kappa shape index (κ3) is 13.4. The molecule has 0 rings (SSSR count). The van der Waals surface area contributed by atoms with Gasteiger partial charge in [0, 0.05) is 6.54 Å². The van der Waals surface area contributed by atoms with Crippen LogP contribution in [0.4, 0.5) is 0 Å². The molecule has 0 N–H and O–H groups in total. The van der Waals surface area contributed by atoms with Crippen LogP contribution in [0.1, 0.15) is 65.2 Å². The fraction of sp³-hybridized carbons (Fsp3) is 0.786. The van der Waals surface area contributed by atoms with Gasteiger partial charge in [-0.15, -0.1) is 0 Å². The maximum Gasteiger partial charge on any atom is 0.0385 e. The summed E-state index contributed by atoms with van der Waals surface area (Å²) in [4.78, 5) is 4.37. The molecule has 0 saturated heterocycles. The zero-order valence-electron chi connectivity index (χ0n) is 10.5. The van der Waals surface area contributed by atoms with Gasteiger partial charge in [0.15, 0.2) is 0 Å². The number of nitrogens with zero attached hydrogens (tertiary/aromatic N) is 1. The summed E-state index contributed by atoms with van der Waals surface area (Å²) < 4.78 is 0. The predicted molar refractivity (Wildman–Crippen MR) is 70.8 cm³/mol. The molecule has 0 unspecified atom stereocenters. The molecule has 0 saturated carbocycles. The van der Waals surface area contributed by atoms with Gasteiger partial charge in [-0.3, -0.25) is 4.99 Å². The molecule has 15 heavy (non-hydrogen) atoms. The maximum atomic E-state index is 4.37. The molecule has 1 nitrogen and oxygen atoms in total. The van der Waals surface area contributed by atoms with E-state index in [2.05, 4.69) is 37.2 Å². The molecular formula is C14H27N. The van der Waals surface area contributed by atoms with Crippen LogP contribution in [0, 0.1) is 0 Å². The molecular weight excluding hydrogens is 182 g/mol. The second-order valence-electron chi connectivity index (χ2n) is 3.99. The molecule has 0 aromatic carbocycles. The number of hydrogen-bond donors (Lipinski definition) is 0. The molecule has 0 amide bonds. The van der Waals surface area contributed by atoms with Crippen LogP contribution in [0.25, 0.3) is 0 Å². The van der Waals surface area contributed by atoms with E-state index in [0.717, 1.165) is 13.0 Å². The average molecular weight is 209 g/mol. The van der Waals surface area contributed by atoms with Gasteiger partial charge in [0.05, 0.1) is 0 Å². The van der Waals surface area contributed by atoms with Gasteiger partial charge in [-0.2, -0.15) is 0 Å². The first-order valence-electron chi connectivity index (χ1n) is 6.55. The van der Waals surface area contributed by atoms with Crippen molar-refractivity contribution in [1.29, 1.82) is 0 Å². The minimum atomic E-state index is 1.03. The maximum absolute atomic E-state index is 4.37. The van der Waals surface area contributed by atoms with Gasteiger partial charge in [-0.05, 0) is 38.3 Å². The molecule has 0 aliphatic carbocycles. The molecule has 1 heteroatoms. The fourth-order valence-electron chi connectivity index (χ4n) is 1.36. The zero-order valence-corrected chi connectivity index (χ0v) is 10.5. The first kappa shape index (κ1) is 14.4. The summed E-state index contributed by atoms with van der Waals surface area (Å²) in [7, 11) is 0. The van der Waals surface area contributed by atoms with E-state index in [1.54, 1.807) is 0 Å². The third-order valence-electron chi connectivity index (χ3n) is 2.33. The van der Waals surface area contributed by atoms with Crippen molar-refractivity contribution < 1.29 is 0 Å². The lowest BCUT2D eigenvalue weighted by Gasteiger charge is -1.95. The van der Waals surface area contributed by atoms with Crippen LogP contribution < -0.4 is 0 Å². The van der Waals surface area contributed by atoms with Crippen molar-refractivity contribution in [3.8, 4) is 0 Å². The van der Waals surface area contributed by atoms with E-state index >= 15 is 0 Å². The standard InChI is InChI=1S/C14H27N/c1-3-5-7-8-9-10-11-12-14-15-13-6-4-2/h7-8,13H,3-6,9-12,14H2,1-2H3. The number of aliphatic imine (C=N–C) groups is 1. The van der Waals surface area contributed by atoms with Gasteiger partial charge < -0.3 is 0 Å². The summed E-state index contributed by atoms with van der Waals surface area (Å²) in [6.07, 6.45) is 16.7. The topological polar surface area (TPSA) is 12.4 Å². The molecule has 0 spiro atoms. The Hall–Kier alpha value is -0.590. The summed E-state index contributed by atoms with van der Waals surface area (Å²) in [5.74, 6) is 0. The Morgan fingerprint density at radius 2 is 1.53 bits per heavy atom. The average Bonchev–Trinajstić information content (AvgIpc) is 2.26. The van der Waals surface area contributed by atoms with Gasteiger partial charge in [-0.1, -0.05) is 45.3 Å². The van der Waals surface area contributed by atoms with Gasteiger partial charge >= 0.3 is 0 Å². The first-order valence-corrected chi connectivity index (χ1v) is 6.55. The van der Waals surface area contributed by atoms with E-state index in [4.69, 9.17) is 0 Å². The Labute approximate surface area is 95.7 Å². The molecule has 0 bridgehead atoms. The Morgan fingerprint density at radius 1 is 0.800 bits per heavy atom. The monoisotopic (exact) mass is 209 g/mol. The van der Waals surface area contributed by atoms with Crippen LogP contribution in [0.15, 0.2) is 17.1 Å². The van der Waals surface area contributed by atoms with Crippen molar-refractivity contribution in [2.75, 3.05) is 6.54 Å². The van der Waals surface area contributed by atoms with Crippen molar-refractivity contribution in [2.24, 2.45) is 4.99 Å². The van der Waals surface area contributed by atoms with E-state index in [0.29, 0.717) is 0 Å². The summed E-state index contributed by atoms with van der Waals surface area (Å²) in [5.41, 5.74) is 0. The predicted octanol–water partition coefficient (Wildman–Crippen LogP) is 4.77. The highest BCUT2D eigenvalue weighted by molar-refractivity contribution is 5.56. The van der Waals surface area contributed by atoms with Crippen LogP contribution in [0.3, 0.4) is 0 Å². The van der Waals surface area contributed by atoms with Gasteiger partial charge in [-0.25, -0.2) is 0 Å². The largest absolute Gasteiger partial charge is 0.298 e. The highest BCUT2D eigenvalue weighted by atomic mass is 14.7. The number of hydrogen-bond acceptors (Lipinski definition) is 1. The zero-order chi connectivity index (χ0) is 11.2. The minimum absolute atomic E-state index is 1.03. The Morgan fingerprint density at radius 3 is 2.27 bits per heavy atom. The van der Waals surface area contributed by atoms with Crippen LogP contribution in [0.5, 0.6) is 0 Å². The summed E-state index contributed by atoms with van der Waals surface area (Å²) in [6.45, 7) is 5.44. The lowest BCUT2D eigenvalue weighted by molar-refractivity contribution is 0.695. The van der Waals surface area contributed by atoms with Crippen molar-refractivity contribution in [2.45, 2.75) is 65.2 Å². The summed E-state index contributed by atoms with van der Waals surface area (Å²) in [5, 5.41) is 0. The van der Waals surface area contributed by atoms with Crippen molar-refractivity contribution in [3.05, 3.63) is 12.2 Å². The third-order valence-corrected chi connectivity index (χ3v) is 2.33. The van der Waals surface area contributed by atoms with Crippen molar-refractivity contribution in [1.82, 2.24) is 0 Å². The molecule has 0 aliphatic heterocycles. The molecule has 0 radical (unpaired) electrons. The van der Waals surface area contributed by atoms with Gasteiger partial charge in [0.1, 0.15) is 0 Å². The minimum Gasteiger partial charge on any atom is -0.298 e. The fourth-order valence-corrected chi connectivity index (χ4v) is 1.36. The van der Waals surface area contributed by atoms with Crippen LogP contribution >= 0.6 is 0 Å². The van der Waals surface area contributed by atoms with E-state index < -0.39 is 0 Å². The lowest BCUT2D eigenvalue weighted by Crippen LogP contribution is -1.83. The lowest BCUT2D eigenvalue weighted by atomic mass is 10.2. The second-order valence-corrected chi connectivity index (χ2v) is 3.99. The van der Waals surface area contributed by atoms with Crippen LogP contribution in [-0.2, 0) is 0 Å². The summed E-state index contributed by atoms with van der Waals surface area (Å²) in [6, 6.07) is 0. The molecule has 0 heterocycles. The van der Waals surface area contributed by atoms with Crippen LogP contribution in [0.2, 0.25) is 0 Å². The molecule has 0 atom stereocenters. The number of rotatable bonds is 10. The Kier molecular flexibility index (Phi) is 12.9. The van der Waals surface area contributed by atoms with E-state index in [9.17, 15) is 0 Å². The smallest absolute Gasteiger partial charge is 0.0385 e. The molecule has 0 aromatic rings. The summed E-state index contributed by atoms with van der Waals surface area (Å²) >= 11 is 0. The molecule has 0 aromatic heterocycles. The number of allylic oxidation sites excluding steroid dienone is 2.